The zero-order valence-corrected chi connectivity index (χ0v) is 9.62. The molecule has 0 bridgehead atoms. The monoisotopic (exact) mass is 276 g/mol. The highest BCUT2D eigenvalue weighted by molar-refractivity contribution is 5.84. The molecule has 1 rings (SSSR count). The number of carbonyl (C=O) groups excluding carboxylic acids is 1. The Morgan fingerprint density at radius 1 is 1.11 bits per heavy atom. The highest BCUT2D eigenvalue weighted by Gasteiger charge is 2.29. The van der Waals surface area contributed by atoms with Gasteiger partial charge in [-0.15, -0.1) is 0 Å². The molecule has 0 heterocycles. The van der Waals surface area contributed by atoms with Gasteiger partial charge in [-0.1, -0.05) is 0 Å². The van der Waals surface area contributed by atoms with E-state index in [1.807, 2.05) is 0 Å². The lowest BCUT2D eigenvalue weighted by Crippen LogP contribution is -2.33. The van der Waals surface area contributed by atoms with Gasteiger partial charge in [-0.05, 0) is 24.3 Å². The van der Waals surface area contributed by atoms with Crippen molar-refractivity contribution in [2.75, 3.05) is 18.4 Å². The van der Waals surface area contributed by atoms with Crippen molar-refractivity contribution in [3.8, 4) is 0 Å². The number of carboxylic acids is 1. The van der Waals surface area contributed by atoms with Gasteiger partial charge < -0.3 is 15.7 Å². The molecule has 0 atom stereocenters. The molecule has 0 aliphatic heterocycles. The maximum absolute atomic E-state index is 12.3. The molecule has 0 saturated heterocycles. The number of alkyl halides is 3. The Morgan fingerprint density at radius 2 is 1.68 bits per heavy atom. The number of anilines is 1. The van der Waals surface area contributed by atoms with Crippen LogP contribution >= 0.6 is 0 Å². The predicted molar refractivity (Wildman–Crippen MR) is 60.6 cm³/mol. The van der Waals surface area contributed by atoms with Crippen LogP contribution in [0.25, 0.3) is 0 Å². The van der Waals surface area contributed by atoms with Gasteiger partial charge in [0.15, 0.2) is 0 Å². The fraction of sp³-hybridized carbons (Fsp3) is 0.273. The summed E-state index contributed by atoms with van der Waals surface area (Å²) in [4.78, 5) is 21.3. The third kappa shape index (κ3) is 5.28. The second-order valence-electron chi connectivity index (χ2n) is 3.60. The summed E-state index contributed by atoms with van der Waals surface area (Å²) in [5.41, 5.74) is -0.452. The maximum atomic E-state index is 12.3. The molecule has 8 heteroatoms. The molecule has 104 valence electrons. The van der Waals surface area contributed by atoms with Gasteiger partial charge in [-0.25, -0.2) is 0 Å². The van der Waals surface area contributed by atoms with Crippen LogP contribution in [0.1, 0.15) is 5.56 Å². The molecule has 19 heavy (non-hydrogen) atoms. The summed E-state index contributed by atoms with van der Waals surface area (Å²) in [6.07, 6.45) is -4.41. The minimum atomic E-state index is -4.41. The lowest BCUT2D eigenvalue weighted by molar-refractivity contribution is -0.138. The average molecular weight is 276 g/mol. The summed E-state index contributed by atoms with van der Waals surface area (Å²) in [6.45, 7) is -0.730. The number of hydrogen-bond donors (Lipinski definition) is 3. The number of hydrogen-bond acceptors (Lipinski definition) is 3. The van der Waals surface area contributed by atoms with Gasteiger partial charge in [-0.3, -0.25) is 9.59 Å². The van der Waals surface area contributed by atoms with Crippen molar-refractivity contribution in [3.05, 3.63) is 29.8 Å². The predicted octanol–water partition coefficient (Wildman–Crippen LogP) is 1.32. The lowest BCUT2D eigenvalue weighted by Gasteiger charge is -2.09. The summed E-state index contributed by atoms with van der Waals surface area (Å²) in [7, 11) is 0. The number of carbonyl (C=O) groups is 2. The second-order valence-corrected chi connectivity index (χ2v) is 3.60. The molecular formula is C11H11F3N2O3. The van der Waals surface area contributed by atoms with Crippen LogP contribution in [0.15, 0.2) is 24.3 Å². The fourth-order valence-electron chi connectivity index (χ4n) is 1.20. The van der Waals surface area contributed by atoms with E-state index in [1.165, 1.54) is 12.1 Å². The molecule has 1 aromatic rings. The topological polar surface area (TPSA) is 78.4 Å². The molecule has 0 spiro atoms. The van der Waals surface area contributed by atoms with Crippen LogP contribution in [-0.2, 0) is 15.8 Å². The second kappa shape index (κ2) is 6.07. The van der Waals surface area contributed by atoms with Crippen LogP contribution < -0.4 is 10.6 Å². The largest absolute Gasteiger partial charge is 0.480 e. The Labute approximate surface area is 106 Å². The Kier molecular flexibility index (Phi) is 4.74. The van der Waals surface area contributed by atoms with Gasteiger partial charge in [0.25, 0.3) is 0 Å². The molecular weight excluding hydrogens is 265 g/mol. The van der Waals surface area contributed by atoms with Crippen LogP contribution in [-0.4, -0.2) is 30.1 Å². The van der Waals surface area contributed by atoms with Crippen LogP contribution in [0.2, 0.25) is 0 Å². The maximum Gasteiger partial charge on any atom is 0.416 e. The van der Waals surface area contributed by atoms with E-state index in [9.17, 15) is 22.8 Å². The molecule has 0 radical (unpaired) electrons. The van der Waals surface area contributed by atoms with Crippen LogP contribution in [0.4, 0.5) is 18.9 Å². The average Bonchev–Trinajstić information content (AvgIpc) is 2.33. The van der Waals surface area contributed by atoms with Gasteiger partial charge in [0.05, 0.1) is 12.1 Å². The van der Waals surface area contributed by atoms with E-state index in [1.54, 1.807) is 0 Å². The molecule has 0 fully saturated rings. The summed E-state index contributed by atoms with van der Waals surface area (Å²) in [5, 5.41) is 13.0. The first kappa shape index (κ1) is 14.8. The minimum absolute atomic E-state index is 0.224. The third-order valence-corrected chi connectivity index (χ3v) is 2.10. The first-order chi connectivity index (χ1) is 8.79. The Morgan fingerprint density at radius 3 is 2.16 bits per heavy atom. The van der Waals surface area contributed by atoms with E-state index in [2.05, 4.69) is 10.6 Å². The third-order valence-electron chi connectivity index (χ3n) is 2.10. The highest BCUT2D eigenvalue weighted by Crippen LogP contribution is 2.29. The first-order valence-corrected chi connectivity index (χ1v) is 5.18. The van der Waals surface area contributed by atoms with Crippen molar-refractivity contribution >= 4 is 17.6 Å². The van der Waals surface area contributed by atoms with Gasteiger partial charge in [-0.2, -0.15) is 13.2 Å². The van der Waals surface area contributed by atoms with E-state index in [0.29, 0.717) is 5.69 Å². The molecule has 0 unspecified atom stereocenters. The Bertz CT molecular complexity index is 457. The zero-order chi connectivity index (χ0) is 14.5. The van der Waals surface area contributed by atoms with E-state index in [4.69, 9.17) is 5.11 Å². The van der Waals surface area contributed by atoms with E-state index in [0.717, 1.165) is 12.1 Å². The fourth-order valence-corrected chi connectivity index (χ4v) is 1.20. The van der Waals surface area contributed by atoms with Crippen molar-refractivity contribution in [1.29, 1.82) is 0 Å². The van der Waals surface area contributed by atoms with Crippen molar-refractivity contribution < 1.29 is 27.9 Å². The standard InChI is InChI=1S/C11H11F3N2O3/c12-11(13,14)7-1-3-8(4-2-7)15-5-9(17)16-6-10(18)19/h1-4,15H,5-6H2,(H,16,17)(H,18,19). The van der Waals surface area contributed by atoms with Gasteiger partial charge in [0.1, 0.15) is 6.54 Å². The quantitative estimate of drug-likeness (QED) is 0.758. The van der Waals surface area contributed by atoms with Crippen molar-refractivity contribution in [2.45, 2.75) is 6.18 Å². The van der Waals surface area contributed by atoms with Gasteiger partial charge >= 0.3 is 12.1 Å². The molecule has 0 aromatic heterocycles. The molecule has 1 aromatic carbocycles. The summed E-state index contributed by atoms with van der Waals surface area (Å²) in [6, 6.07) is 4.15. The van der Waals surface area contributed by atoms with E-state index >= 15 is 0 Å². The number of carboxylic acid groups (broad SMARTS) is 1. The first-order valence-electron chi connectivity index (χ1n) is 5.18. The molecule has 3 N–H and O–H groups in total. The van der Waals surface area contributed by atoms with E-state index in [-0.39, 0.29) is 6.54 Å². The number of aliphatic carboxylic acids is 1. The van der Waals surface area contributed by atoms with E-state index < -0.39 is 30.2 Å². The molecule has 0 aliphatic rings. The number of halogens is 3. The Hall–Kier alpha value is -2.25. The van der Waals surface area contributed by atoms with Crippen molar-refractivity contribution in [2.24, 2.45) is 0 Å². The number of benzene rings is 1. The van der Waals surface area contributed by atoms with Gasteiger partial charge in [0.2, 0.25) is 5.91 Å². The summed E-state index contributed by atoms with van der Waals surface area (Å²) >= 11 is 0. The Balaban J connectivity index is 2.46. The number of rotatable bonds is 5. The van der Waals surface area contributed by atoms with Crippen LogP contribution in [0.5, 0.6) is 0 Å². The number of amides is 1. The van der Waals surface area contributed by atoms with Crippen LogP contribution in [0.3, 0.4) is 0 Å². The zero-order valence-electron chi connectivity index (χ0n) is 9.62. The van der Waals surface area contributed by atoms with Crippen LogP contribution in [0, 0.1) is 0 Å². The molecule has 0 saturated carbocycles. The molecule has 0 aliphatic carbocycles. The summed E-state index contributed by atoms with van der Waals surface area (Å²) < 4.78 is 36.8. The molecule has 1 amide bonds. The van der Waals surface area contributed by atoms with Crippen molar-refractivity contribution in [3.63, 3.8) is 0 Å². The number of nitrogens with one attached hydrogen (secondary N) is 2. The smallest absolute Gasteiger partial charge is 0.416 e. The summed E-state index contributed by atoms with van der Waals surface area (Å²) in [5.74, 6) is -1.75. The molecule has 5 nitrogen and oxygen atoms in total. The van der Waals surface area contributed by atoms with Gasteiger partial charge in [0, 0.05) is 5.69 Å². The highest BCUT2D eigenvalue weighted by atomic mass is 19.4. The SMILES string of the molecule is O=C(O)CNC(=O)CNc1ccc(C(F)(F)F)cc1. The normalized spacial score (nSPS) is 10.9. The van der Waals surface area contributed by atoms with Crippen molar-refractivity contribution in [1.82, 2.24) is 5.32 Å². The lowest BCUT2D eigenvalue weighted by atomic mass is 10.2. The minimum Gasteiger partial charge on any atom is -0.480 e.